The average molecular weight is 373 g/mol. The Morgan fingerprint density at radius 2 is 2.11 bits per heavy atom. The van der Waals surface area contributed by atoms with Gasteiger partial charge in [-0.05, 0) is 50.1 Å². The van der Waals surface area contributed by atoms with Gasteiger partial charge < -0.3 is 23.9 Å². The van der Waals surface area contributed by atoms with Crippen LogP contribution in [0.25, 0.3) is 0 Å². The van der Waals surface area contributed by atoms with Gasteiger partial charge in [0.2, 0.25) is 5.91 Å². The van der Waals surface area contributed by atoms with Crippen LogP contribution < -0.4 is 9.47 Å². The number of furan rings is 1. The van der Waals surface area contributed by atoms with Crippen molar-refractivity contribution < 1.29 is 28.6 Å². The zero-order valence-corrected chi connectivity index (χ0v) is 15.7. The molecular formula is C20H23NO6. The third-order valence-corrected chi connectivity index (χ3v) is 4.57. The summed E-state index contributed by atoms with van der Waals surface area (Å²) in [6.45, 7) is 4.60. The van der Waals surface area contributed by atoms with Crippen molar-refractivity contribution in [1.29, 1.82) is 0 Å². The SMILES string of the molecule is CCOc1ccc2c(c1)CC(C(=O)N(C)Cc1cc(C(=O)O)c(C)o1)CO2. The summed E-state index contributed by atoms with van der Waals surface area (Å²) in [5.41, 5.74) is 1.06. The van der Waals surface area contributed by atoms with Crippen LogP contribution in [0.1, 0.15) is 34.4 Å². The van der Waals surface area contributed by atoms with Gasteiger partial charge in [0.25, 0.3) is 0 Å². The minimum atomic E-state index is -1.04. The van der Waals surface area contributed by atoms with E-state index in [4.69, 9.17) is 19.0 Å². The Hall–Kier alpha value is -2.96. The highest BCUT2D eigenvalue weighted by Gasteiger charge is 2.29. The second kappa shape index (κ2) is 7.73. The molecule has 1 aliphatic rings. The lowest BCUT2D eigenvalue weighted by Gasteiger charge is -2.28. The number of carbonyl (C=O) groups excluding carboxylic acids is 1. The summed E-state index contributed by atoms with van der Waals surface area (Å²) in [4.78, 5) is 25.5. The molecule has 7 heteroatoms. The molecule has 3 rings (SSSR count). The molecule has 144 valence electrons. The third-order valence-electron chi connectivity index (χ3n) is 4.57. The van der Waals surface area contributed by atoms with Gasteiger partial charge in [-0.2, -0.15) is 0 Å². The fraction of sp³-hybridized carbons (Fsp3) is 0.400. The number of rotatable bonds is 6. The van der Waals surface area contributed by atoms with E-state index in [0.717, 1.165) is 17.1 Å². The minimum absolute atomic E-state index is 0.0756. The average Bonchev–Trinajstić information content (AvgIpc) is 3.01. The van der Waals surface area contributed by atoms with Gasteiger partial charge in [-0.3, -0.25) is 4.79 Å². The molecule has 2 heterocycles. The monoisotopic (exact) mass is 373 g/mol. The lowest BCUT2D eigenvalue weighted by atomic mass is 9.95. The number of nitrogens with zero attached hydrogens (tertiary/aromatic N) is 1. The number of ether oxygens (including phenoxy) is 2. The normalized spacial score (nSPS) is 15.6. The Kier molecular flexibility index (Phi) is 5.39. The van der Waals surface area contributed by atoms with E-state index in [2.05, 4.69) is 0 Å². The van der Waals surface area contributed by atoms with Gasteiger partial charge in [-0.1, -0.05) is 0 Å². The van der Waals surface area contributed by atoms with Crippen molar-refractivity contribution >= 4 is 11.9 Å². The molecule has 0 fully saturated rings. The molecule has 0 saturated heterocycles. The summed E-state index contributed by atoms with van der Waals surface area (Å²) < 4.78 is 16.7. The summed E-state index contributed by atoms with van der Waals surface area (Å²) in [5.74, 6) is 0.876. The van der Waals surface area contributed by atoms with Gasteiger partial charge in [0.1, 0.15) is 35.2 Å². The number of carboxylic acids is 1. The lowest BCUT2D eigenvalue weighted by Crippen LogP contribution is -2.38. The van der Waals surface area contributed by atoms with Crippen LogP contribution in [0.3, 0.4) is 0 Å². The molecule has 7 nitrogen and oxygen atoms in total. The maximum Gasteiger partial charge on any atom is 0.339 e. The standard InChI is InChI=1S/C20H23NO6/c1-4-25-15-5-6-18-13(8-15)7-14(11-26-18)19(22)21(3)10-16-9-17(20(23)24)12(2)27-16/h5-6,8-9,14H,4,7,10-11H2,1-3H3,(H,23,24). The Bertz CT molecular complexity index is 856. The molecule has 0 aliphatic carbocycles. The van der Waals surface area contributed by atoms with Crippen LogP contribution in [0.5, 0.6) is 11.5 Å². The van der Waals surface area contributed by atoms with Crippen LogP contribution in [0.2, 0.25) is 0 Å². The van der Waals surface area contributed by atoms with Crippen LogP contribution in [0, 0.1) is 12.8 Å². The molecule has 1 atom stereocenters. The second-order valence-electron chi connectivity index (χ2n) is 6.60. The van der Waals surface area contributed by atoms with Crippen molar-refractivity contribution in [1.82, 2.24) is 4.90 Å². The van der Waals surface area contributed by atoms with Gasteiger partial charge in [0.05, 0.1) is 19.1 Å². The van der Waals surface area contributed by atoms with Gasteiger partial charge in [0, 0.05) is 7.05 Å². The minimum Gasteiger partial charge on any atom is -0.494 e. The molecule has 0 radical (unpaired) electrons. The highest BCUT2D eigenvalue weighted by atomic mass is 16.5. The number of benzene rings is 1. The molecule has 1 aromatic carbocycles. The Morgan fingerprint density at radius 1 is 1.33 bits per heavy atom. The molecule has 1 N–H and O–H groups in total. The summed E-state index contributed by atoms with van der Waals surface area (Å²) in [6, 6.07) is 7.09. The van der Waals surface area contributed by atoms with E-state index < -0.39 is 5.97 Å². The van der Waals surface area contributed by atoms with Crippen molar-refractivity contribution in [3.63, 3.8) is 0 Å². The molecule has 0 spiro atoms. The van der Waals surface area contributed by atoms with E-state index in [-0.39, 0.29) is 23.9 Å². The largest absolute Gasteiger partial charge is 0.494 e. The van der Waals surface area contributed by atoms with E-state index in [1.54, 1.807) is 14.0 Å². The predicted octanol–water partition coefficient (Wildman–Crippen LogP) is 2.89. The molecule has 1 aromatic heterocycles. The number of carboxylic acid groups (broad SMARTS) is 1. The smallest absolute Gasteiger partial charge is 0.339 e. The van der Waals surface area contributed by atoms with Crippen LogP contribution in [0.4, 0.5) is 0 Å². The van der Waals surface area contributed by atoms with E-state index in [1.165, 1.54) is 11.0 Å². The van der Waals surface area contributed by atoms with Crippen molar-refractivity contribution in [3.05, 3.63) is 46.9 Å². The number of aryl methyl sites for hydroxylation is 1. The maximum atomic E-state index is 12.8. The molecule has 1 amide bonds. The summed E-state index contributed by atoms with van der Waals surface area (Å²) in [6.07, 6.45) is 0.566. The molecule has 0 saturated carbocycles. The molecule has 2 aromatic rings. The highest BCUT2D eigenvalue weighted by molar-refractivity contribution is 5.88. The lowest BCUT2D eigenvalue weighted by molar-refractivity contribution is -0.136. The van der Waals surface area contributed by atoms with Crippen LogP contribution in [0.15, 0.2) is 28.7 Å². The van der Waals surface area contributed by atoms with Crippen molar-refractivity contribution in [2.45, 2.75) is 26.8 Å². The van der Waals surface area contributed by atoms with Gasteiger partial charge >= 0.3 is 5.97 Å². The topological polar surface area (TPSA) is 89.2 Å². The summed E-state index contributed by atoms with van der Waals surface area (Å²) in [7, 11) is 1.67. The van der Waals surface area contributed by atoms with E-state index in [9.17, 15) is 9.59 Å². The first-order valence-electron chi connectivity index (χ1n) is 8.85. The molecule has 27 heavy (non-hydrogen) atoms. The van der Waals surface area contributed by atoms with Gasteiger partial charge in [0.15, 0.2) is 0 Å². The van der Waals surface area contributed by atoms with Crippen molar-refractivity contribution in [2.24, 2.45) is 5.92 Å². The molecule has 1 aliphatic heterocycles. The number of fused-ring (bicyclic) bond motifs is 1. The van der Waals surface area contributed by atoms with E-state index in [1.807, 2.05) is 25.1 Å². The van der Waals surface area contributed by atoms with Crippen molar-refractivity contribution in [3.8, 4) is 11.5 Å². The summed E-state index contributed by atoms with van der Waals surface area (Å²) in [5, 5.41) is 9.11. The number of amides is 1. The zero-order valence-electron chi connectivity index (χ0n) is 15.7. The molecular weight excluding hydrogens is 350 g/mol. The first-order valence-corrected chi connectivity index (χ1v) is 8.85. The quantitative estimate of drug-likeness (QED) is 0.837. The fourth-order valence-electron chi connectivity index (χ4n) is 3.24. The zero-order chi connectivity index (χ0) is 19.6. The fourth-order valence-corrected chi connectivity index (χ4v) is 3.24. The molecule has 0 bridgehead atoms. The molecule has 1 unspecified atom stereocenters. The highest BCUT2D eigenvalue weighted by Crippen LogP contribution is 2.31. The Balaban J connectivity index is 1.68. The second-order valence-corrected chi connectivity index (χ2v) is 6.60. The van der Waals surface area contributed by atoms with Crippen LogP contribution in [-0.4, -0.2) is 42.1 Å². The van der Waals surface area contributed by atoms with E-state index in [0.29, 0.717) is 31.2 Å². The predicted molar refractivity (Wildman–Crippen MR) is 97.2 cm³/mol. The Labute approximate surface area is 157 Å². The maximum absolute atomic E-state index is 12.8. The Morgan fingerprint density at radius 3 is 2.78 bits per heavy atom. The number of aromatic carboxylic acids is 1. The van der Waals surface area contributed by atoms with Crippen molar-refractivity contribution in [2.75, 3.05) is 20.3 Å². The number of hydrogen-bond donors (Lipinski definition) is 1. The third kappa shape index (κ3) is 4.07. The van der Waals surface area contributed by atoms with Crippen LogP contribution >= 0.6 is 0 Å². The summed E-state index contributed by atoms with van der Waals surface area (Å²) >= 11 is 0. The first-order chi connectivity index (χ1) is 12.9. The van der Waals surface area contributed by atoms with Gasteiger partial charge in [-0.15, -0.1) is 0 Å². The number of carbonyl (C=O) groups is 2. The van der Waals surface area contributed by atoms with Gasteiger partial charge in [-0.25, -0.2) is 4.79 Å². The van der Waals surface area contributed by atoms with Crippen LogP contribution in [-0.2, 0) is 17.8 Å². The number of hydrogen-bond acceptors (Lipinski definition) is 5. The first kappa shape index (κ1) is 18.8. The van der Waals surface area contributed by atoms with E-state index >= 15 is 0 Å².